The molecule has 0 fully saturated rings. The van der Waals surface area contributed by atoms with Gasteiger partial charge in [0.1, 0.15) is 0 Å². The molecule has 2 rings (SSSR count). The van der Waals surface area contributed by atoms with Gasteiger partial charge in [0.25, 0.3) is 0 Å². The average Bonchev–Trinajstić information content (AvgIpc) is 2.45. The van der Waals surface area contributed by atoms with Crippen molar-refractivity contribution >= 4 is 10.9 Å². The third kappa shape index (κ3) is 1.21. The van der Waals surface area contributed by atoms with Crippen LogP contribution in [0.25, 0.3) is 10.9 Å². The van der Waals surface area contributed by atoms with Gasteiger partial charge in [0.2, 0.25) is 0 Å². The maximum Gasteiger partial charge on any atom is 0.0867 e. The highest BCUT2D eigenvalue weighted by atomic mass is 15.3. The van der Waals surface area contributed by atoms with E-state index in [9.17, 15) is 0 Å². The van der Waals surface area contributed by atoms with Gasteiger partial charge in [-0.1, -0.05) is 18.2 Å². The zero-order valence-electron chi connectivity index (χ0n) is 8.78. The van der Waals surface area contributed by atoms with E-state index in [-0.39, 0.29) is 6.04 Å². The average molecular weight is 189 g/mol. The maximum absolute atomic E-state index is 5.87. The summed E-state index contributed by atoms with van der Waals surface area (Å²) in [7, 11) is 1.96. The van der Waals surface area contributed by atoms with Gasteiger partial charge in [-0.2, -0.15) is 5.10 Å². The van der Waals surface area contributed by atoms with E-state index >= 15 is 0 Å². The van der Waals surface area contributed by atoms with Crippen molar-refractivity contribution in [3.05, 3.63) is 29.5 Å². The topological polar surface area (TPSA) is 43.8 Å². The molecule has 1 aromatic heterocycles. The lowest BCUT2D eigenvalue weighted by Gasteiger charge is -2.00. The Morgan fingerprint density at radius 3 is 2.79 bits per heavy atom. The molecule has 1 unspecified atom stereocenters. The Morgan fingerprint density at radius 2 is 2.14 bits per heavy atom. The van der Waals surface area contributed by atoms with E-state index in [0.717, 1.165) is 5.69 Å². The molecule has 0 aliphatic heterocycles. The maximum atomic E-state index is 5.87. The number of aryl methyl sites for hydroxylation is 2. The molecule has 0 spiro atoms. The quantitative estimate of drug-likeness (QED) is 0.744. The molecule has 1 atom stereocenters. The van der Waals surface area contributed by atoms with Crippen LogP contribution in [0.2, 0.25) is 0 Å². The number of hydrogen-bond donors (Lipinski definition) is 1. The van der Waals surface area contributed by atoms with Gasteiger partial charge in [-0.25, -0.2) is 0 Å². The third-order valence-corrected chi connectivity index (χ3v) is 2.53. The van der Waals surface area contributed by atoms with Gasteiger partial charge in [-0.05, 0) is 19.4 Å². The predicted molar refractivity (Wildman–Crippen MR) is 58.1 cm³/mol. The van der Waals surface area contributed by atoms with Crippen molar-refractivity contribution in [2.24, 2.45) is 12.8 Å². The van der Waals surface area contributed by atoms with E-state index in [1.807, 2.05) is 24.7 Å². The number of aromatic nitrogens is 2. The fourth-order valence-corrected chi connectivity index (χ4v) is 1.90. The summed E-state index contributed by atoms with van der Waals surface area (Å²) >= 11 is 0. The fraction of sp³-hybridized carbons (Fsp3) is 0.364. The Hall–Kier alpha value is -1.35. The molecule has 1 aromatic carbocycles. The molecule has 2 aromatic rings. The Bertz CT molecular complexity index is 469. The van der Waals surface area contributed by atoms with Crippen molar-refractivity contribution in [2.45, 2.75) is 19.9 Å². The molecule has 0 saturated carbocycles. The molecular formula is C11H15N3. The number of fused-ring (bicyclic) bond motifs is 1. The lowest BCUT2D eigenvalue weighted by molar-refractivity contribution is 0.712. The third-order valence-electron chi connectivity index (χ3n) is 2.53. The monoisotopic (exact) mass is 189 g/mol. The minimum absolute atomic E-state index is 0.0134. The van der Waals surface area contributed by atoms with Crippen LogP contribution in [0.15, 0.2) is 18.2 Å². The molecule has 14 heavy (non-hydrogen) atoms. The van der Waals surface area contributed by atoms with Crippen LogP contribution in [0.4, 0.5) is 0 Å². The Morgan fingerprint density at radius 1 is 1.43 bits per heavy atom. The second-order valence-electron chi connectivity index (χ2n) is 3.77. The Labute approximate surface area is 83.5 Å². The highest BCUT2D eigenvalue weighted by Gasteiger charge is 2.12. The fourth-order valence-electron chi connectivity index (χ4n) is 1.90. The zero-order chi connectivity index (χ0) is 10.3. The highest BCUT2D eigenvalue weighted by molar-refractivity contribution is 5.85. The first-order valence-electron chi connectivity index (χ1n) is 4.79. The van der Waals surface area contributed by atoms with Crippen LogP contribution in [0, 0.1) is 6.92 Å². The van der Waals surface area contributed by atoms with Gasteiger partial charge in [0.15, 0.2) is 0 Å². The summed E-state index contributed by atoms with van der Waals surface area (Å²) in [6.45, 7) is 4.05. The second-order valence-corrected chi connectivity index (χ2v) is 3.77. The predicted octanol–water partition coefficient (Wildman–Crippen LogP) is 1.90. The molecule has 2 N–H and O–H groups in total. The Balaban J connectivity index is 2.84. The minimum atomic E-state index is -0.0134. The summed E-state index contributed by atoms with van der Waals surface area (Å²) in [6, 6.07) is 6.20. The molecule has 74 valence electrons. The number of benzene rings is 1. The summed E-state index contributed by atoms with van der Waals surface area (Å²) in [4.78, 5) is 0. The number of nitrogens with two attached hydrogens (primary N) is 1. The molecule has 0 aliphatic carbocycles. The van der Waals surface area contributed by atoms with E-state index in [1.54, 1.807) is 0 Å². The van der Waals surface area contributed by atoms with Crippen LogP contribution in [-0.2, 0) is 7.05 Å². The Kier molecular flexibility index (Phi) is 2.04. The lowest BCUT2D eigenvalue weighted by atomic mass is 10.1. The van der Waals surface area contributed by atoms with Crippen molar-refractivity contribution in [1.82, 2.24) is 9.78 Å². The normalized spacial score (nSPS) is 13.4. The largest absolute Gasteiger partial charge is 0.323 e. The first-order valence-corrected chi connectivity index (χ1v) is 4.79. The van der Waals surface area contributed by atoms with Gasteiger partial charge in [-0.3, -0.25) is 4.68 Å². The summed E-state index contributed by atoms with van der Waals surface area (Å²) in [5, 5.41) is 5.61. The summed E-state index contributed by atoms with van der Waals surface area (Å²) < 4.78 is 1.91. The molecule has 0 amide bonds. The van der Waals surface area contributed by atoms with Crippen LogP contribution in [0.3, 0.4) is 0 Å². The van der Waals surface area contributed by atoms with Crippen LogP contribution in [0.1, 0.15) is 24.2 Å². The van der Waals surface area contributed by atoms with E-state index in [0.29, 0.717) is 0 Å². The molecular weight excluding hydrogens is 174 g/mol. The lowest BCUT2D eigenvalue weighted by Crippen LogP contribution is -2.06. The SMILES string of the molecule is Cc1cccc2c(C(C)N)nn(C)c12. The number of hydrogen-bond acceptors (Lipinski definition) is 2. The van der Waals surface area contributed by atoms with E-state index in [1.165, 1.54) is 16.5 Å². The van der Waals surface area contributed by atoms with Crippen molar-refractivity contribution in [3.8, 4) is 0 Å². The van der Waals surface area contributed by atoms with Gasteiger partial charge < -0.3 is 5.73 Å². The van der Waals surface area contributed by atoms with E-state index in [2.05, 4.69) is 24.2 Å². The standard InChI is InChI=1S/C11H15N3/c1-7-5-4-6-9-10(8(2)12)13-14(3)11(7)9/h4-6,8H,12H2,1-3H3. The van der Waals surface area contributed by atoms with Crippen molar-refractivity contribution in [3.63, 3.8) is 0 Å². The van der Waals surface area contributed by atoms with Gasteiger partial charge >= 0.3 is 0 Å². The first kappa shape index (κ1) is 9.21. The first-order chi connectivity index (χ1) is 6.61. The van der Waals surface area contributed by atoms with E-state index in [4.69, 9.17) is 5.73 Å². The van der Waals surface area contributed by atoms with Gasteiger partial charge in [-0.15, -0.1) is 0 Å². The minimum Gasteiger partial charge on any atom is -0.323 e. The van der Waals surface area contributed by atoms with Crippen molar-refractivity contribution in [1.29, 1.82) is 0 Å². The summed E-state index contributed by atoms with van der Waals surface area (Å²) in [5.74, 6) is 0. The van der Waals surface area contributed by atoms with Crippen LogP contribution in [-0.4, -0.2) is 9.78 Å². The van der Waals surface area contributed by atoms with Crippen molar-refractivity contribution in [2.75, 3.05) is 0 Å². The van der Waals surface area contributed by atoms with Gasteiger partial charge in [0.05, 0.1) is 11.2 Å². The molecule has 0 saturated heterocycles. The van der Waals surface area contributed by atoms with E-state index < -0.39 is 0 Å². The number of para-hydroxylation sites is 1. The molecule has 3 heteroatoms. The zero-order valence-corrected chi connectivity index (χ0v) is 8.78. The summed E-state index contributed by atoms with van der Waals surface area (Å²) in [6.07, 6.45) is 0. The highest BCUT2D eigenvalue weighted by Crippen LogP contribution is 2.24. The smallest absolute Gasteiger partial charge is 0.0867 e. The van der Waals surface area contributed by atoms with Crippen LogP contribution < -0.4 is 5.73 Å². The number of nitrogens with zero attached hydrogens (tertiary/aromatic N) is 2. The molecule has 0 radical (unpaired) electrons. The molecule has 0 aliphatic rings. The van der Waals surface area contributed by atoms with Crippen LogP contribution >= 0.6 is 0 Å². The van der Waals surface area contributed by atoms with Crippen molar-refractivity contribution < 1.29 is 0 Å². The molecule has 3 nitrogen and oxygen atoms in total. The van der Waals surface area contributed by atoms with Crippen LogP contribution in [0.5, 0.6) is 0 Å². The summed E-state index contributed by atoms with van der Waals surface area (Å²) in [5.41, 5.74) is 9.27. The second kappa shape index (κ2) is 3.10. The molecule has 0 bridgehead atoms. The number of rotatable bonds is 1. The molecule has 1 heterocycles. The van der Waals surface area contributed by atoms with Gasteiger partial charge in [0, 0.05) is 18.5 Å².